The van der Waals surface area contributed by atoms with Crippen LogP contribution in [0.2, 0.25) is 0 Å². The summed E-state index contributed by atoms with van der Waals surface area (Å²) in [6.45, 7) is 2.15. The van der Waals surface area contributed by atoms with Gasteiger partial charge in [-0.2, -0.15) is 0 Å². The fourth-order valence-corrected chi connectivity index (χ4v) is 2.70. The third kappa shape index (κ3) is 4.47. The molecule has 2 aromatic carbocycles. The van der Waals surface area contributed by atoms with Gasteiger partial charge in [0.1, 0.15) is 11.6 Å². The van der Waals surface area contributed by atoms with E-state index < -0.39 is 0 Å². The van der Waals surface area contributed by atoms with Crippen LogP contribution >= 0.6 is 15.9 Å². The van der Waals surface area contributed by atoms with Crippen LogP contribution in [0.25, 0.3) is 0 Å². The molecule has 3 N–H and O–H groups in total. The molecule has 0 aliphatic heterocycles. The number of hydrogen-bond donors (Lipinski definition) is 3. The molecule has 0 aromatic heterocycles. The minimum absolute atomic E-state index is 0.225. The van der Waals surface area contributed by atoms with E-state index in [1.54, 1.807) is 30.3 Å². The molecule has 0 saturated heterocycles. The molecule has 0 amide bonds. The number of anilines is 1. The molecular weight excluding hydrogens is 373 g/mol. The average Bonchev–Trinajstić information content (AvgIpc) is 3.34. The molecule has 1 fully saturated rings. The van der Waals surface area contributed by atoms with Gasteiger partial charge in [0.25, 0.3) is 0 Å². The second-order valence-corrected chi connectivity index (χ2v) is 6.86. The van der Waals surface area contributed by atoms with Gasteiger partial charge >= 0.3 is 0 Å². The third-order valence-corrected chi connectivity index (χ3v) is 4.29. The normalized spacial score (nSPS) is 14.5. The Morgan fingerprint density at radius 3 is 2.79 bits per heavy atom. The standard InChI is InChI=1S/C18H19BrFN3O/c1-11-8-15(24)5-7-17(11)23-18(22-14-3-4-14)21-10-12-9-13(19)2-6-16(12)20/h2,5-9,14,24H,3-4,10H2,1H3,(H2,21,22,23). The van der Waals surface area contributed by atoms with Crippen molar-refractivity contribution in [3.05, 3.63) is 57.8 Å². The van der Waals surface area contributed by atoms with Crippen molar-refractivity contribution in [2.75, 3.05) is 5.32 Å². The zero-order valence-corrected chi connectivity index (χ0v) is 14.9. The Kier molecular flexibility index (Phi) is 5.04. The number of aromatic hydroxyl groups is 1. The van der Waals surface area contributed by atoms with Crippen LogP contribution in [0, 0.1) is 12.7 Å². The molecule has 0 spiro atoms. The Morgan fingerprint density at radius 2 is 2.08 bits per heavy atom. The highest BCUT2D eigenvalue weighted by atomic mass is 79.9. The van der Waals surface area contributed by atoms with Crippen molar-refractivity contribution in [3.8, 4) is 5.75 Å². The predicted molar refractivity (Wildman–Crippen MR) is 97.9 cm³/mol. The predicted octanol–water partition coefficient (Wildman–Crippen LogP) is 4.32. The number of benzene rings is 2. The SMILES string of the molecule is Cc1cc(O)ccc1NC(=NCc1cc(Br)ccc1F)NC1CC1. The summed E-state index contributed by atoms with van der Waals surface area (Å²) in [5, 5.41) is 16.1. The third-order valence-electron chi connectivity index (χ3n) is 3.80. The highest BCUT2D eigenvalue weighted by Gasteiger charge is 2.22. The first-order valence-corrected chi connectivity index (χ1v) is 8.62. The molecule has 3 rings (SSSR count). The van der Waals surface area contributed by atoms with Gasteiger partial charge in [-0.15, -0.1) is 0 Å². The molecule has 0 atom stereocenters. The molecule has 0 radical (unpaired) electrons. The van der Waals surface area contributed by atoms with E-state index in [9.17, 15) is 9.50 Å². The summed E-state index contributed by atoms with van der Waals surface area (Å²) in [7, 11) is 0. The molecule has 1 saturated carbocycles. The van der Waals surface area contributed by atoms with Crippen molar-refractivity contribution >= 4 is 27.6 Å². The zero-order chi connectivity index (χ0) is 17.1. The van der Waals surface area contributed by atoms with E-state index in [1.165, 1.54) is 6.07 Å². The smallest absolute Gasteiger partial charge is 0.196 e. The summed E-state index contributed by atoms with van der Waals surface area (Å²) >= 11 is 3.35. The van der Waals surface area contributed by atoms with Crippen LogP contribution in [0.15, 0.2) is 45.9 Å². The lowest BCUT2D eigenvalue weighted by atomic mass is 10.2. The largest absolute Gasteiger partial charge is 0.508 e. The number of aryl methyl sites for hydroxylation is 1. The number of nitrogens with zero attached hydrogens (tertiary/aromatic N) is 1. The Hall–Kier alpha value is -2.08. The highest BCUT2D eigenvalue weighted by molar-refractivity contribution is 9.10. The molecular formula is C18H19BrFN3O. The summed E-state index contributed by atoms with van der Waals surface area (Å²) in [5.74, 6) is 0.571. The second kappa shape index (κ2) is 7.21. The first-order valence-electron chi connectivity index (χ1n) is 7.83. The lowest BCUT2D eigenvalue weighted by molar-refractivity contribution is 0.475. The average molecular weight is 392 g/mol. The van der Waals surface area contributed by atoms with Crippen LogP contribution in [0.1, 0.15) is 24.0 Å². The molecule has 1 aliphatic rings. The summed E-state index contributed by atoms with van der Waals surface area (Å²) in [6, 6.07) is 10.4. The maximum atomic E-state index is 13.9. The topological polar surface area (TPSA) is 56.6 Å². The van der Waals surface area contributed by atoms with Gasteiger partial charge in [-0.25, -0.2) is 9.38 Å². The summed E-state index contributed by atoms with van der Waals surface area (Å²) in [4.78, 5) is 4.51. The van der Waals surface area contributed by atoms with Gasteiger partial charge in [0.15, 0.2) is 5.96 Å². The summed E-state index contributed by atoms with van der Waals surface area (Å²) < 4.78 is 14.7. The van der Waals surface area contributed by atoms with Crippen LogP contribution in [0.4, 0.5) is 10.1 Å². The van der Waals surface area contributed by atoms with Gasteiger partial charge in [0.05, 0.1) is 6.54 Å². The van der Waals surface area contributed by atoms with Gasteiger partial charge < -0.3 is 15.7 Å². The first-order chi connectivity index (χ1) is 11.5. The molecule has 0 bridgehead atoms. The first kappa shape index (κ1) is 16.8. The van der Waals surface area contributed by atoms with Crippen molar-refractivity contribution in [2.24, 2.45) is 4.99 Å². The van der Waals surface area contributed by atoms with Crippen molar-refractivity contribution in [2.45, 2.75) is 32.4 Å². The lowest BCUT2D eigenvalue weighted by Crippen LogP contribution is -2.32. The number of rotatable bonds is 4. The van der Waals surface area contributed by atoms with E-state index in [4.69, 9.17) is 0 Å². The number of phenolic OH excluding ortho intramolecular Hbond substituents is 1. The maximum Gasteiger partial charge on any atom is 0.196 e. The van der Waals surface area contributed by atoms with Gasteiger partial charge in [-0.05, 0) is 61.7 Å². The van der Waals surface area contributed by atoms with Gasteiger partial charge in [0, 0.05) is 21.8 Å². The van der Waals surface area contributed by atoms with Crippen LogP contribution in [0.5, 0.6) is 5.75 Å². The van der Waals surface area contributed by atoms with E-state index in [0.29, 0.717) is 17.6 Å². The summed E-state index contributed by atoms with van der Waals surface area (Å²) in [5.41, 5.74) is 2.30. The van der Waals surface area contributed by atoms with E-state index in [-0.39, 0.29) is 18.1 Å². The number of nitrogens with one attached hydrogen (secondary N) is 2. The molecule has 2 aromatic rings. The van der Waals surface area contributed by atoms with Gasteiger partial charge in [-0.3, -0.25) is 0 Å². The van der Waals surface area contributed by atoms with Crippen LogP contribution in [0.3, 0.4) is 0 Å². The Bertz CT molecular complexity index is 775. The fourth-order valence-electron chi connectivity index (χ4n) is 2.29. The van der Waals surface area contributed by atoms with E-state index in [0.717, 1.165) is 28.6 Å². The number of phenols is 1. The van der Waals surface area contributed by atoms with Crippen LogP contribution in [-0.4, -0.2) is 17.1 Å². The summed E-state index contributed by atoms with van der Waals surface area (Å²) in [6.07, 6.45) is 2.22. The number of guanidine groups is 1. The number of halogens is 2. The quantitative estimate of drug-likeness (QED) is 0.413. The molecule has 6 heteroatoms. The van der Waals surface area contributed by atoms with Crippen molar-refractivity contribution in [1.82, 2.24) is 5.32 Å². The van der Waals surface area contributed by atoms with Crippen molar-refractivity contribution in [1.29, 1.82) is 0 Å². The van der Waals surface area contributed by atoms with Crippen molar-refractivity contribution in [3.63, 3.8) is 0 Å². The van der Waals surface area contributed by atoms with E-state index in [1.807, 2.05) is 6.92 Å². The van der Waals surface area contributed by atoms with Crippen molar-refractivity contribution < 1.29 is 9.50 Å². The zero-order valence-electron chi connectivity index (χ0n) is 13.3. The minimum atomic E-state index is -0.270. The monoisotopic (exact) mass is 391 g/mol. The van der Waals surface area contributed by atoms with Gasteiger partial charge in [-0.1, -0.05) is 15.9 Å². The fraction of sp³-hybridized carbons (Fsp3) is 0.278. The molecule has 4 nitrogen and oxygen atoms in total. The van der Waals surface area contributed by atoms with E-state index in [2.05, 4.69) is 31.6 Å². The lowest BCUT2D eigenvalue weighted by Gasteiger charge is -2.14. The second-order valence-electron chi connectivity index (χ2n) is 5.94. The number of aliphatic imine (C=N–C) groups is 1. The number of hydrogen-bond acceptors (Lipinski definition) is 2. The molecule has 24 heavy (non-hydrogen) atoms. The highest BCUT2D eigenvalue weighted by Crippen LogP contribution is 2.22. The molecule has 0 heterocycles. The Labute approximate surface area is 148 Å². The Morgan fingerprint density at radius 1 is 1.29 bits per heavy atom. The molecule has 126 valence electrons. The van der Waals surface area contributed by atoms with E-state index >= 15 is 0 Å². The minimum Gasteiger partial charge on any atom is -0.508 e. The van der Waals surface area contributed by atoms with Crippen LogP contribution in [-0.2, 0) is 6.54 Å². The van der Waals surface area contributed by atoms with Crippen LogP contribution < -0.4 is 10.6 Å². The Balaban J connectivity index is 1.78. The molecule has 1 aliphatic carbocycles. The maximum absolute atomic E-state index is 13.9. The van der Waals surface area contributed by atoms with Gasteiger partial charge in [0.2, 0.25) is 0 Å². The molecule has 0 unspecified atom stereocenters.